The fourth-order valence-corrected chi connectivity index (χ4v) is 3.71. The molecule has 0 fully saturated rings. The van der Waals surface area contributed by atoms with Gasteiger partial charge < -0.3 is 15.4 Å². The van der Waals surface area contributed by atoms with Gasteiger partial charge in [-0.2, -0.15) is 13.2 Å². The number of carboxylic acid groups (broad SMARTS) is 1. The lowest BCUT2D eigenvalue weighted by molar-refractivity contribution is -0.137. The molecule has 2 aliphatic rings. The second kappa shape index (κ2) is 6.00. The van der Waals surface area contributed by atoms with Gasteiger partial charge in [-0.25, -0.2) is 4.79 Å². The molecule has 27 heavy (non-hydrogen) atoms. The van der Waals surface area contributed by atoms with E-state index in [1.54, 1.807) is 0 Å². The molecular weight excluding hydrogens is 361 g/mol. The summed E-state index contributed by atoms with van der Waals surface area (Å²) in [6.45, 7) is 0. The summed E-state index contributed by atoms with van der Waals surface area (Å²) in [5, 5.41) is 12.1. The Balaban J connectivity index is 1.86. The largest absolute Gasteiger partial charge is 0.478 e. The smallest absolute Gasteiger partial charge is 0.416 e. The Morgan fingerprint density at radius 1 is 1.19 bits per heavy atom. The van der Waals surface area contributed by atoms with Crippen LogP contribution < -0.4 is 5.32 Å². The summed E-state index contributed by atoms with van der Waals surface area (Å²) in [7, 11) is 0. The lowest BCUT2D eigenvalue weighted by Crippen LogP contribution is -2.07. The number of fused-ring (bicyclic) bond motifs is 2. The van der Waals surface area contributed by atoms with Crippen LogP contribution in [0.1, 0.15) is 51.3 Å². The number of aromatic amines is 1. The molecule has 3 N–H and O–H groups in total. The molecular formula is C19H15F3N2O3. The van der Waals surface area contributed by atoms with Crippen molar-refractivity contribution >= 4 is 29.2 Å². The van der Waals surface area contributed by atoms with Gasteiger partial charge in [0.05, 0.1) is 22.4 Å². The number of benzene rings is 1. The number of carbonyl (C=O) groups is 2. The molecule has 1 amide bonds. The molecule has 4 rings (SSSR count). The van der Waals surface area contributed by atoms with E-state index in [1.165, 1.54) is 12.1 Å². The van der Waals surface area contributed by atoms with Crippen molar-refractivity contribution in [2.24, 2.45) is 0 Å². The first-order chi connectivity index (χ1) is 12.8. The monoisotopic (exact) mass is 376 g/mol. The number of carbonyl (C=O) groups excluding carboxylic acids is 1. The van der Waals surface area contributed by atoms with E-state index in [2.05, 4.69) is 10.3 Å². The van der Waals surface area contributed by atoms with Gasteiger partial charge in [0.2, 0.25) is 0 Å². The zero-order valence-electron chi connectivity index (χ0n) is 14.0. The van der Waals surface area contributed by atoms with E-state index in [4.69, 9.17) is 0 Å². The summed E-state index contributed by atoms with van der Waals surface area (Å²) in [6, 6.07) is 3.01. The lowest BCUT2D eigenvalue weighted by Gasteiger charge is -2.10. The molecule has 1 aromatic carbocycles. The number of aromatic carboxylic acids is 1. The van der Waals surface area contributed by atoms with E-state index in [-0.39, 0.29) is 28.1 Å². The molecule has 0 saturated heterocycles. The van der Waals surface area contributed by atoms with Crippen molar-refractivity contribution in [2.75, 3.05) is 5.32 Å². The average molecular weight is 376 g/mol. The number of carboxylic acids is 1. The molecule has 0 saturated carbocycles. The summed E-state index contributed by atoms with van der Waals surface area (Å²) in [5.41, 5.74) is 1.38. The molecule has 0 radical (unpaired) electrons. The van der Waals surface area contributed by atoms with Crippen LogP contribution in [-0.2, 0) is 23.8 Å². The highest BCUT2D eigenvalue weighted by atomic mass is 19.4. The zero-order valence-corrected chi connectivity index (χ0v) is 14.0. The van der Waals surface area contributed by atoms with Crippen molar-refractivity contribution in [2.45, 2.75) is 31.9 Å². The van der Waals surface area contributed by atoms with Crippen LogP contribution in [0.3, 0.4) is 0 Å². The predicted octanol–water partition coefficient (Wildman–Crippen LogP) is 4.10. The van der Waals surface area contributed by atoms with E-state index < -0.39 is 23.6 Å². The Bertz CT molecular complexity index is 1000. The van der Waals surface area contributed by atoms with E-state index in [9.17, 15) is 27.9 Å². The Kier molecular flexibility index (Phi) is 3.87. The number of amides is 1. The fourth-order valence-electron chi connectivity index (χ4n) is 3.71. The Hall–Kier alpha value is -3.03. The third-order valence-electron chi connectivity index (χ3n) is 4.96. The van der Waals surface area contributed by atoms with Crippen molar-refractivity contribution in [3.63, 3.8) is 0 Å². The zero-order chi connectivity index (χ0) is 19.3. The van der Waals surface area contributed by atoms with Crippen LogP contribution >= 0.6 is 0 Å². The molecule has 5 nitrogen and oxygen atoms in total. The number of hydrogen-bond acceptors (Lipinski definition) is 2. The van der Waals surface area contributed by atoms with Gasteiger partial charge in [0.15, 0.2) is 0 Å². The van der Waals surface area contributed by atoms with Gasteiger partial charge in [-0.1, -0.05) is 0 Å². The quantitative estimate of drug-likeness (QED) is 0.690. The first-order valence-electron chi connectivity index (χ1n) is 8.47. The molecule has 2 aromatic rings. The summed E-state index contributed by atoms with van der Waals surface area (Å²) in [6.07, 6.45) is -0.0652. The molecule has 0 atom stereocenters. The molecule has 140 valence electrons. The van der Waals surface area contributed by atoms with E-state index in [0.717, 1.165) is 30.7 Å². The second-order valence-corrected chi connectivity index (χ2v) is 6.65. The van der Waals surface area contributed by atoms with Crippen LogP contribution in [0.2, 0.25) is 0 Å². The van der Waals surface area contributed by atoms with Crippen molar-refractivity contribution in [1.82, 2.24) is 4.98 Å². The number of aromatic nitrogens is 1. The third-order valence-corrected chi connectivity index (χ3v) is 4.96. The topological polar surface area (TPSA) is 82.2 Å². The van der Waals surface area contributed by atoms with E-state index in [1.807, 2.05) is 0 Å². The molecule has 1 aliphatic heterocycles. The normalized spacial score (nSPS) is 17.6. The van der Waals surface area contributed by atoms with Crippen LogP contribution in [-0.4, -0.2) is 22.0 Å². The van der Waals surface area contributed by atoms with Gasteiger partial charge in [0, 0.05) is 16.9 Å². The predicted molar refractivity (Wildman–Crippen MR) is 92.3 cm³/mol. The lowest BCUT2D eigenvalue weighted by atomic mass is 9.94. The van der Waals surface area contributed by atoms with Gasteiger partial charge in [-0.15, -0.1) is 0 Å². The molecule has 0 unspecified atom stereocenters. The minimum absolute atomic E-state index is 0.0113. The molecule has 2 heterocycles. The first kappa shape index (κ1) is 17.4. The highest BCUT2D eigenvalue weighted by Crippen LogP contribution is 2.39. The molecule has 1 aromatic heterocycles. The maximum absolute atomic E-state index is 13.0. The summed E-state index contributed by atoms with van der Waals surface area (Å²) in [4.78, 5) is 27.1. The van der Waals surface area contributed by atoms with Gasteiger partial charge in [0.1, 0.15) is 0 Å². The number of nitrogens with one attached hydrogen (secondary N) is 2. The standard InChI is InChI=1S/C19H15F3N2O3/c20-19(21,22)9-5-6-14-11(7-9)12(17(25)24-14)8-15-16(18(26)27)10-3-1-2-4-13(10)23-15/h5-8,23H,1-4H2,(H,24,25)(H,26,27). The second-order valence-electron chi connectivity index (χ2n) is 6.65. The highest BCUT2D eigenvalue weighted by molar-refractivity contribution is 6.35. The van der Waals surface area contributed by atoms with Crippen molar-refractivity contribution in [3.8, 4) is 0 Å². The van der Waals surface area contributed by atoms with Crippen LogP contribution in [0, 0.1) is 0 Å². The van der Waals surface area contributed by atoms with E-state index in [0.29, 0.717) is 18.4 Å². The maximum Gasteiger partial charge on any atom is 0.416 e. The van der Waals surface area contributed by atoms with Crippen molar-refractivity contribution in [1.29, 1.82) is 0 Å². The number of aryl methyl sites for hydroxylation is 1. The third kappa shape index (κ3) is 2.90. The number of rotatable bonds is 2. The number of H-pyrrole nitrogens is 1. The summed E-state index contributed by atoms with van der Waals surface area (Å²) < 4.78 is 39.1. The minimum atomic E-state index is -4.54. The van der Waals surface area contributed by atoms with Gasteiger partial charge in [-0.3, -0.25) is 4.79 Å². The van der Waals surface area contributed by atoms with Crippen LogP contribution in [0.5, 0.6) is 0 Å². The first-order valence-corrected chi connectivity index (χ1v) is 8.47. The minimum Gasteiger partial charge on any atom is -0.478 e. The van der Waals surface area contributed by atoms with Gasteiger partial charge in [-0.05, 0) is 55.5 Å². The fraction of sp³-hybridized carbons (Fsp3) is 0.263. The molecule has 0 bridgehead atoms. The SMILES string of the molecule is O=C1Nc2ccc(C(F)(F)F)cc2C1=Cc1[nH]c2c(c1C(=O)O)CCCC2. The van der Waals surface area contributed by atoms with Crippen LogP contribution in [0.4, 0.5) is 18.9 Å². The highest BCUT2D eigenvalue weighted by Gasteiger charge is 2.34. The Labute approximate surface area is 151 Å². The summed E-state index contributed by atoms with van der Waals surface area (Å²) in [5.74, 6) is -1.68. The Morgan fingerprint density at radius 3 is 2.63 bits per heavy atom. The average Bonchev–Trinajstić information content (AvgIpc) is 3.11. The number of anilines is 1. The van der Waals surface area contributed by atoms with Gasteiger partial charge in [0.25, 0.3) is 5.91 Å². The van der Waals surface area contributed by atoms with Gasteiger partial charge >= 0.3 is 12.1 Å². The van der Waals surface area contributed by atoms with Crippen LogP contribution in [0.25, 0.3) is 11.6 Å². The molecule has 1 aliphatic carbocycles. The van der Waals surface area contributed by atoms with Crippen molar-refractivity contribution < 1.29 is 27.9 Å². The van der Waals surface area contributed by atoms with Crippen molar-refractivity contribution in [3.05, 3.63) is 51.8 Å². The molecule has 0 spiro atoms. The number of halogens is 3. The molecule has 8 heteroatoms. The number of alkyl halides is 3. The maximum atomic E-state index is 13.0. The summed E-state index contributed by atoms with van der Waals surface area (Å²) >= 11 is 0. The Morgan fingerprint density at radius 2 is 1.93 bits per heavy atom. The number of hydrogen-bond donors (Lipinski definition) is 3. The van der Waals surface area contributed by atoms with E-state index >= 15 is 0 Å². The van der Waals surface area contributed by atoms with Crippen LogP contribution in [0.15, 0.2) is 18.2 Å².